The summed E-state index contributed by atoms with van der Waals surface area (Å²) in [6.07, 6.45) is 0.770. The van der Waals surface area contributed by atoms with Gasteiger partial charge in [0, 0.05) is 27.4 Å². The van der Waals surface area contributed by atoms with Crippen LogP contribution in [-0.2, 0) is 6.42 Å². The van der Waals surface area contributed by atoms with Gasteiger partial charge in [-0.2, -0.15) is 0 Å². The zero-order valence-electron chi connectivity index (χ0n) is 9.71. The summed E-state index contributed by atoms with van der Waals surface area (Å²) < 4.78 is 15.8. The minimum atomic E-state index is -0.181. The lowest BCUT2D eigenvalue weighted by molar-refractivity contribution is 0.534. The number of likely N-dealkylation sites (N-methyl/N-ethyl adjacent to an activating group) is 1. The van der Waals surface area contributed by atoms with Gasteiger partial charge in [0.25, 0.3) is 0 Å². The summed E-state index contributed by atoms with van der Waals surface area (Å²) in [6.45, 7) is 0. The lowest BCUT2D eigenvalue weighted by Gasteiger charge is -2.18. The van der Waals surface area contributed by atoms with Gasteiger partial charge in [0.15, 0.2) is 0 Å². The predicted molar refractivity (Wildman–Crippen MR) is 81.6 cm³/mol. The van der Waals surface area contributed by atoms with Crippen LogP contribution in [0.25, 0.3) is 0 Å². The van der Waals surface area contributed by atoms with E-state index in [1.807, 2.05) is 19.2 Å². The van der Waals surface area contributed by atoms with Crippen LogP contribution in [0.5, 0.6) is 0 Å². The van der Waals surface area contributed by atoms with E-state index in [4.69, 9.17) is 0 Å². The van der Waals surface area contributed by atoms with Gasteiger partial charge in [-0.1, -0.05) is 22.0 Å². The van der Waals surface area contributed by atoms with Gasteiger partial charge in [-0.15, -0.1) is 11.3 Å². The van der Waals surface area contributed by atoms with Gasteiger partial charge < -0.3 is 5.32 Å². The smallest absolute Gasteiger partial charge is 0.129 e. The average Bonchev–Trinajstić information content (AvgIpc) is 2.73. The first-order valence-corrected chi connectivity index (χ1v) is 7.87. The Morgan fingerprint density at radius 3 is 2.61 bits per heavy atom. The van der Waals surface area contributed by atoms with Crippen LogP contribution in [0.1, 0.15) is 16.5 Å². The molecule has 5 heteroatoms. The highest BCUT2D eigenvalue weighted by atomic mass is 79.9. The first-order valence-electron chi connectivity index (χ1n) is 5.47. The largest absolute Gasteiger partial charge is 0.313 e. The summed E-state index contributed by atoms with van der Waals surface area (Å²) in [4.78, 5) is 1.22. The molecule has 1 nitrogen and oxygen atoms in total. The molecule has 1 N–H and O–H groups in total. The van der Waals surface area contributed by atoms with Crippen molar-refractivity contribution in [2.75, 3.05) is 7.05 Å². The first kappa shape index (κ1) is 14.2. The highest BCUT2D eigenvalue weighted by Crippen LogP contribution is 2.31. The predicted octanol–water partition coefficient (Wildman–Crippen LogP) is 4.92. The minimum absolute atomic E-state index is 0.0360. The zero-order chi connectivity index (χ0) is 13.1. The van der Waals surface area contributed by atoms with Crippen LogP contribution in [0.4, 0.5) is 4.39 Å². The van der Waals surface area contributed by atoms with Crippen LogP contribution in [0.3, 0.4) is 0 Å². The van der Waals surface area contributed by atoms with Crippen molar-refractivity contribution >= 4 is 43.2 Å². The zero-order valence-corrected chi connectivity index (χ0v) is 13.7. The van der Waals surface area contributed by atoms with Crippen molar-refractivity contribution in [3.05, 3.63) is 54.8 Å². The Labute approximate surface area is 127 Å². The van der Waals surface area contributed by atoms with Gasteiger partial charge in [-0.3, -0.25) is 0 Å². The van der Waals surface area contributed by atoms with Crippen molar-refractivity contribution < 1.29 is 4.39 Å². The molecule has 0 aliphatic carbocycles. The summed E-state index contributed by atoms with van der Waals surface area (Å²) >= 11 is 8.54. The second kappa shape index (κ2) is 6.28. The standard InChI is InChI=1S/C13H12Br2FNS/c1-17-11(7-8-5-6-12(15)18-8)13-9(14)3-2-4-10(13)16/h2-6,11,17H,7H2,1H3. The SMILES string of the molecule is CNC(Cc1ccc(Br)s1)c1c(F)cccc1Br. The fourth-order valence-corrected chi connectivity index (χ4v) is 4.00. The number of benzene rings is 1. The van der Waals surface area contributed by atoms with Crippen LogP contribution in [-0.4, -0.2) is 7.05 Å². The first-order chi connectivity index (χ1) is 8.61. The fraction of sp³-hybridized carbons (Fsp3) is 0.231. The number of hydrogen-bond acceptors (Lipinski definition) is 2. The van der Waals surface area contributed by atoms with E-state index < -0.39 is 0 Å². The van der Waals surface area contributed by atoms with Crippen molar-refractivity contribution in [2.45, 2.75) is 12.5 Å². The van der Waals surface area contributed by atoms with Crippen LogP contribution < -0.4 is 5.32 Å². The van der Waals surface area contributed by atoms with E-state index in [9.17, 15) is 4.39 Å². The number of nitrogens with one attached hydrogen (secondary N) is 1. The minimum Gasteiger partial charge on any atom is -0.313 e. The number of halogens is 3. The Morgan fingerprint density at radius 1 is 1.28 bits per heavy atom. The molecule has 96 valence electrons. The molecule has 0 fully saturated rings. The van der Waals surface area contributed by atoms with E-state index in [0.717, 1.165) is 14.7 Å². The van der Waals surface area contributed by atoms with Gasteiger partial charge in [0.2, 0.25) is 0 Å². The molecule has 1 unspecified atom stereocenters. The van der Waals surface area contributed by atoms with Gasteiger partial charge >= 0.3 is 0 Å². The monoisotopic (exact) mass is 391 g/mol. The third-order valence-corrected chi connectivity index (χ3v) is 5.07. The molecular weight excluding hydrogens is 381 g/mol. The summed E-state index contributed by atoms with van der Waals surface area (Å²) in [7, 11) is 1.85. The second-order valence-corrected chi connectivity index (χ2v) is 7.29. The molecule has 2 aromatic rings. The third-order valence-electron chi connectivity index (χ3n) is 2.73. The van der Waals surface area contributed by atoms with Crippen LogP contribution >= 0.6 is 43.2 Å². The Kier molecular flexibility index (Phi) is 4.95. The number of rotatable bonds is 4. The van der Waals surface area contributed by atoms with Crippen LogP contribution in [0.15, 0.2) is 38.6 Å². The third kappa shape index (κ3) is 3.20. The normalized spacial score (nSPS) is 12.7. The molecule has 1 heterocycles. The highest BCUT2D eigenvalue weighted by Gasteiger charge is 2.18. The van der Waals surface area contributed by atoms with Crippen molar-refractivity contribution in [3.8, 4) is 0 Å². The number of hydrogen-bond donors (Lipinski definition) is 1. The van der Waals surface area contributed by atoms with E-state index in [2.05, 4.69) is 43.2 Å². The molecule has 0 bridgehead atoms. The Morgan fingerprint density at radius 2 is 2.06 bits per heavy atom. The molecule has 1 atom stereocenters. The van der Waals surface area contributed by atoms with Crippen molar-refractivity contribution in [1.82, 2.24) is 5.32 Å². The molecule has 1 aromatic carbocycles. The van der Waals surface area contributed by atoms with Crippen molar-refractivity contribution in [1.29, 1.82) is 0 Å². The molecule has 0 spiro atoms. The molecule has 0 radical (unpaired) electrons. The molecule has 0 saturated heterocycles. The van der Waals surface area contributed by atoms with E-state index in [1.165, 1.54) is 10.9 Å². The Balaban J connectivity index is 2.28. The summed E-state index contributed by atoms with van der Waals surface area (Å²) in [5.41, 5.74) is 0.685. The van der Waals surface area contributed by atoms with Gasteiger partial charge in [0.1, 0.15) is 5.82 Å². The van der Waals surface area contributed by atoms with Gasteiger partial charge in [-0.05, 0) is 47.2 Å². The van der Waals surface area contributed by atoms with Gasteiger partial charge in [0.05, 0.1) is 3.79 Å². The molecule has 18 heavy (non-hydrogen) atoms. The van der Waals surface area contributed by atoms with Crippen molar-refractivity contribution in [2.24, 2.45) is 0 Å². The van der Waals surface area contributed by atoms with E-state index in [1.54, 1.807) is 17.4 Å². The second-order valence-electron chi connectivity index (χ2n) is 3.89. The molecule has 1 aromatic heterocycles. The van der Waals surface area contributed by atoms with E-state index in [-0.39, 0.29) is 11.9 Å². The number of thiophene rings is 1. The van der Waals surface area contributed by atoms with Crippen LogP contribution in [0, 0.1) is 5.82 Å². The summed E-state index contributed by atoms with van der Waals surface area (Å²) in [5.74, 6) is -0.181. The topological polar surface area (TPSA) is 12.0 Å². The molecule has 0 saturated carbocycles. The Bertz CT molecular complexity index is 521. The summed E-state index contributed by atoms with van der Waals surface area (Å²) in [6, 6.07) is 9.11. The average molecular weight is 393 g/mol. The lowest BCUT2D eigenvalue weighted by Crippen LogP contribution is -2.20. The van der Waals surface area contributed by atoms with Gasteiger partial charge in [-0.25, -0.2) is 4.39 Å². The molecule has 0 aliphatic heterocycles. The maximum atomic E-state index is 13.9. The fourth-order valence-electron chi connectivity index (χ4n) is 1.85. The van der Waals surface area contributed by atoms with E-state index in [0.29, 0.717) is 5.56 Å². The summed E-state index contributed by atoms with van der Waals surface area (Å²) in [5, 5.41) is 3.18. The maximum Gasteiger partial charge on any atom is 0.129 e. The van der Waals surface area contributed by atoms with Crippen LogP contribution in [0.2, 0.25) is 0 Å². The lowest BCUT2D eigenvalue weighted by atomic mass is 10.0. The quantitative estimate of drug-likeness (QED) is 0.778. The molecule has 0 aliphatic rings. The maximum absolute atomic E-state index is 13.9. The molecular formula is C13H12Br2FNS. The van der Waals surface area contributed by atoms with E-state index >= 15 is 0 Å². The van der Waals surface area contributed by atoms with Crippen molar-refractivity contribution in [3.63, 3.8) is 0 Å². The Hall–Kier alpha value is -0.230. The molecule has 2 rings (SSSR count). The highest BCUT2D eigenvalue weighted by molar-refractivity contribution is 9.11. The molecule has 0 amide bonds.